The van der Waals surface area contributed by atoms with Crippen LogP contribution in [0.2, 0.25) is 0 Å². The van der Waals surface area contributed by atoms with Crippen LogP contribution in [0.1, 0.15) is 24.6 Å². The number of thiophene rings is 1. The second-order valence-electron chi connectivity index (χ2n) is 3.86. The molecule has 2 unspecified atom stereocenters. The maximum absolute atomic E-state index is 11.8. The summed E-state index contributed by atoms with van der Waals surface area (Å²) in [4.78, 5) is 12.9. The fourth-order valence-electron chi connectivity index (χ4n) is 1.77. The standard InChI is InChI=1S/C11H13BrO2S/c1-7-2-4-10(14-7)9(13)6-8-3-5-11(12)15-8/h3,5,7,10H,2,4,6H2,1H3. The van der Waals surface area contributed by atoms with E-state index >= 15 is 0 Å². The van der Waals surface area contributed by atoms with Crippen molar-refractivity contribution < 1.29 is 9.53 Å². The van der Waals surface area contributed by atoms with Crippen LogP contribution in [0.4, 0.5) is 0 Å². The summed E-state index contributed by atoms with van der Waals surface area (Å²) in [5.74, 6) is 0.216. The molecule has 2 atom stereocenters. The molecule has 1 aromatic rings. The maximum atomic E-state index is 11.8. The first-order chi connectivity index (χ1) is 7.15. The molecule has 0 N–H and O–H groups in total. The number of hydrogen-bond donors (Lipinski definition) is 0. The Bertz CT molecular complexity index is 361. The second kappa shape index (κ2) is 4.76. The van der Waals surface area contributed by atoms with E-state index in [9.17, 15) is 4.79 Å². The Morgan fingerprint density at radius 3 is 2.93 bits per heavy atom. The van der Waals surface area contributed by atoms with Crippen molar-refractivity contribution in [1.29, 1.82) is 0 Å². The van der Waals surface area contributed by atoms with E-state index in [4.69, 9.17) is 4.74 Å². The highest BCUT2D eigenvalue weighted by atomic mass is 79.9. The smallest absolute Gasteiger partial charge is 0.166 e. The van der Waals surface area contributed by atoms with Gasteiger partial charge in [-0.25, -0.2) is 0 Å². The minimum atomic E-state index is -0.166. The van der Waals surface area contributed by atoms with E-state index in [1.807, 2.05) is 19.1 Å². The molecule has 1 fully saturated rings. The molecule has 0 bridgehead atoms. The summed E-state index contributed by atoms with van der Waals surface area (Å²) in [6, 6.07) is 3.97. The lowest BCUT2D eigenvalue weighted by molar-refractivity contribution is -0.128. The summed E-state index contributed by atoms with van der Waals surface area (Å²) >= 11 is 5.01. The van der Waals surface area contributed by atoms with Crippen molar-refractivity contribution >= 4 is 33.0 Å². The Kier molecular flexibility index (Phi) is 3.59. The predicted octanol–water partition coefficient (Wildman–Crippen LogP) is 3.19. The second-order valence-corrected chi connectivity index (χ2v) is 6.41. The van der Waals surface area contributed by atoms with Gasteiger partial charge in [-0.15, -0.1) is 11.3 Å². The fourth-order valence-corrected chi connectivity index (χ4v) is 3.26. The van der Waals surface area contributed by atoms with Crippen LogP contribution in [0.15, 0.2) is 15.9 Å². The number of ketones is 1. The molecular weight excluding hydrogens is 276 g/mol. The third-order valence-corrected chi connectivity index (χ3v) is 4.19. The number of hydrogen-bond acceptors (Lipinski definition) is 3. The zero-order valence-electron chi connectivity index (χ0n) is 8.53. The minimum absolute atomic E-state index is 0.166. The van der Waals surface area contributed by atoms with Gasteiger partial charge in [0.25, 0.3) is 0 Å². The van der Waals surface area contributed by atoms with Crippen LogP contribution in [-0.2, 0) is 16.0 Å². The first-order valence-corrected chi connectivity index (χ1v) is 6.68. The average molecular weight is 289 g/mol. The highest BCUT2D eigenvalue weighted by Crippen LogP contribution is 2.25. The van der Waals surface area contributed by atoms with Gasteiger partial charge < -0.3 is 4.74 Å². The molecule has 82 valence electrons. The van der Waals surface area contributed by atoms with E-state index in [0.29, 0.717) is 6.42 Å². The molecule has 4 heteroatoms. The normalized spacial score (nSPS) is 25.7. The number of carbonyl (C=O) groups excluding carboxylic acids is 1. The highest BCUT2D eigenvalue weighted by molar-refractivity contribution is 9.11. The largest absolute Gasteiger partial charge is 0.367 e. The lowest BCUT2D eigenvalue weighted by atomic mass is 10.1. The van der Waals surface area contributed by atoms with Gasteiger partial charge >= 0.3 is 0 Å². The molecule has 2 nitrogen and oxygen atoms in total. The van der Waals surface area contributed by atoms with Crippen molar-refractivity contribution in [3.63, 3.8) is 0 Å². The van der Waals surface area contributed by atoms with Crippen LogP contribution in [0, 0.1) is 0 Å². The van der Waals surface area contributed by atoms with E-state index in [1.165, 1.54) is 0 Å². The quantitative estimate of drug-likeness (QED) is 0.854. The molecule has 2 heterocycles. The van der Waals surface area contributed by atoms with Crippen LogP contribution >= 0.6 is 27.3 Å². The zero-order valence-corrected chi connectivity index (χ0v) is 10.9. The fraction of sp³-hybridized carbons (Fsp3) is 0.545. The van der Waals surface area contributed by atoms with E-state index in [1.54, 1.807) is 11.3 Å². The van der Waals surface area contributed by atoms with Crippen LogP contribution in [-0.4, -0.2) is 18.0 Å². The molecule has 0 radical (unpaired) electrons. The van der Waals surface area contributed by atoms with Crippen molar-refractivity contribution in [3.05, 3.63) is 20.8 Å². The molecule has 0 spiro atoms. The zero-order chi connectivity index (χ0) is 10.8. The third-order valence-electron chi connectivity index (χ3n) is 2.57. The van der Waals surface area contributed by atoms with Gasteiger partial charge in [-0.1, -0.05) is 0 Å². The first-order valence-electron chi connectivity index (χ1n) is 5.07. The highest BCUT2D eigenvalue weighted by Gasteiger charge is 2.27. The summed E-state index contributed by atoms with van der Waals surface area (Å²) < 4.78 is 6.62. The summed E-state index contributed by atoms with van der Waals surface area (Å²) in [6.45, 7) is 2.02. The van der Waals surface area contributed by atoms with Crippen LogP contribution in [0.25, 0.3) is 0 Å². The van der Waals surface area contributed by atoms with Crippen molar-refractivity contribution in [2.75, 3.05) is 0 Å². The van der Waals surface area contributed by atoms with Crippen LogP contribution in [0.5, 0.6) is 0 Å². The SMILES string of the molecule is CC1CCC(C(=O)Cc2ccc(Br)s2)O1. The van der Waals surface area contributed by atoms with Gasteiger partial charge in [0, 0.05) is 11.3 Å². The lowest BCUT2D eigenvalue weighted by Crippen LogP contribution is -2.22. The Morgan fingerprint density at radius 1 is 1.60 bits per heavy atom. The maximum Gasteiger partial charge on any atom is 0.166 e. The third kappa shape index (κ3) is 2.89. The molecule has 1 aliphatic rings. The average Bonchev–Trinajstić information content (AvgIpc) is 2.75. The summed E-state index contributed by atoms with van der Waals surface area (Å²) in [6.07, 6.45) is 2.47. The predicted molar refractivity (Wildman–Crippen MR) is 64.3 cm³/mol. The Morgan fingerprint density at radius 2 is 2.40 bits per heavy atom. The van der Waals surface area contributed by atoms with Gasteiger partial charge in [0.05, 0.1) is 9.89 Å². The summed E-state index contributed by atoms with van der Waals surface area (Å²) in [5, 5.41) is 0. The van der Waals surface area contributed by atoms with E-state index < -0.39 is 0 Å². The first kappa shape index (κ1) is 11.3. The van der Waals surface area contributed by atoms with E-state index in [0.717, 1.165) is 21.5 Å². The van der Waals surface area contributed by atoms with Gasteiger partial charge in [-0.3, -0.25) is 4.79 Å². The van der Waals surface area contributed by atoms with Gasteiger partial charge in [0.2, 0.25) is 0 Å². The molecule has 0 aromatic carbocycles. The molecule has 0 aliphatic carbocycles. The topological polar surface area (TPSA) is 26.3 Å². The minimum Gasteiger partial charge on any atom is -0.367 e. The van der Waals surface area contributed by atoms with Crippen LogP contribution < -0.4 is 0 Å². The van der Waals surface area contributed by atoms with Crippen molar-refractivity contribution in [2.45, 2.75) is 38.4 Å². The number of halogens is 1. The summed E-state index contributed by atoms with van der Waals surface area (Å²) in [5.41, 5.74) is 0. The van der Waals surface area contributed by atoms with Crippen molar-refractivity contribution in [2.24, 2.45) is 0 Å². The molecule has 2 rings (SSSR count). The van der Waals surface area contributed by atoms with Crippen molar-refractivity contribution in [1.82, 2.24) is 0 Å². The monoisotopic (exact) mass is 288 g/mol. The van der Waals surface area contributed by atoms with Gasteiger partial charge in [-0.05, 0) is 47.8 Å². The van der Waals surface area contributed by atoms with Crippen LogP contribution in [0.3, 0.4) is 0 Å². The van der Waals surface area contributed by atoms with Gasteiger partial charge in [0.1, 0.15) is 6.10 Å². The molecular formula is C11H13BrO2S. The molecule has 1 aromatic heterocycles. The molecule has 15 heavy (non-hydrogen) atoms. The lowest BCUT2D eigenvalue weighted by Gasteiger charge is -2.08. The summed E-state index contributed by atoms with van der Waals surface area (Å²) in [7, 11) is 0. The van der Waals surface area contributed by atoms with Crippen molar-refractivity contribution in [3.8, 4) is 0 Å². The molecule has 1 saturated heterocycles. The van der Waals surface area contributed by atoms with E-state index in [-0.39, 0.29) is 18.0 Å². The molecule has 1 aliphatic heterocycles. The number of ether oxygens (including phenoxy) is 1. The Hall–Kier alpha value is -0.190. The Labute approximate surface area is 102 Å². The Balaban J connectivity index is 1.92. The number of rotatable bonds is 3. The number of Topliss-reactive ketones (excluding diaryl/α,β-unsaturated/α-hetero) is 1. The van der Waals surface area contributed by atoms with Gasteiger partial charge in [0.15, 0.2) is 5.78 Å². The van der Waals surface area contributed by atoms with E-state index in [2.05, 4.69) is 15.9 Å². The number of carbonyl (C=O) groups is 1. The molecule has 0 saturated carbocycles. The molecule has 0 amide bonds. The van der Waals surface area contributed by atoms with Gasteiger partial charge in [-0.2, -0.15) is 0 Å².